The van der Waals surface area contributed by atoms with Gasteiger partial charge in [-0.15, -0.1) is 0 Å². The molecule has 0 heterocycles. The van der Waals surface area contributed by atoms with Gasteiger partial charge >= 0.3 is 5.97 Å². The van der Waals surface area contributed by atoms with Crippen molar-refractivity contribution >= 4 is 23.6 Å². The van der Waals surface area contributed by atoms with Gasteiger partial charge in [0.25, 0.3) is 0 Å². The molecule has 6 heteroatoms. The van der Waals surface area contributed by atoms with Crippen LogP contribution in [0.1, 0.15) is 19.4 Å². The molecule has 0 saturated heterocycles. The minimum absolute atomic E-state index is 0.322. The van der Waals surface area contributed by atoms with Crippen molar-refractivity contribution in [2.75, 3.05) is 6.26 Å². The molecule has 0 fully saturated rings. The molecule has 1 amide bonds. The summed E-state index contributed by atoms with van der Waals surface area (Å²) >= 11 is 1.32. The molecule has 0 saturated carbocycles. The standard InChI is InChI=1S/C13H16FNO3S/c1-8(19-3)11(16)15-13(2,12(17)18)9-4-6-10(14)7-5-9/h4-8H,1-3H3,(H,15,16)(H,17,18). The maximum Gasteiger partial charge on any atom is 0.333 e. The third-order valence-electron chi connectivity index (χ3n) is 2.95. The molecule has 4 nitrogen and oxygen atoms in total. The number of carboxylic acids is 1. The van der Waals surface area contributed by atoms with Crippen molar-refractivity contribution in [2.45, 2.75) is 24.6 Å². The van der Waals surface area contributed by atoms with Crippen LogP contribution >= 0.6 is 11.8 Å². The van der Waals surface area contributed by atoms with Gasteiger partial charge in [-0.3, -0.25) is 4.79 Å². The zero-order valence-electron chi connectivity index (χ0n) is 10.9. The van der Waals surface area contributed by atoms with Gasteiger partial charge < -0.3 is 10.4 Å². The first-order chi connectivity index (χ1) is 8.81. The van der Waals surface area contributed by atoms with Gasteiger partial charge in [-0.2, -0.15) is 11.8 Å². The smallest absolute Gasteiger partial charge is 0.333 e. The Morgan fingerprint density at radius 1 is 1.37 bits per heavy atom. The molecule has 19 heavy (non-hydrogen) atoms. The highest BCUT2D eigenvalue weighted by Crippen LogP contribution is 2.22. The summed E-state index contributed by atoms with van der Waals surface area (Å²) in [5.74, 6) is -2.03. The molecule has 1 aromatic carbocycles. The Balaban J connectivity index is 3.07. The van der Waals surface area contributed by atoms with Crippen molar-refractivity contribution in [1.82, 2.24) is 5.32 Å². The summed E-state index contributed by atoms with van der Waals surface area (Å²) in [6.07, 6.45) is 1.76. The number of thioether (sulfide) groups is 1. The minimum Gasteiger partial charge on any atom is -0.479 e. The zero-order chi connectivity index (χ0) is 14.6. The fourth-order valence-electron chi connectivity index (χ4n) is 1.49. The van der Waals surface area contributed by atoms with Gasteiger partial charge in [-0.05, 0) is 37.8 Å². The fourth-order valence-corrected chi connectivity index (χ4v) is 1.76. The molecule has 0 aromatic heterocycles. The number of halogens is 1. The Morgan fingerprint density at radius 2 is 1.89 bits per heavy atom. The monoisotopic (exact) mass is 285 g/mol. The van der Waals surface area contributed by atoms with E-state index in [-0.39, 0.29) is 11.2 Å². The van der Waals surface area contributed by atoms with Gasteiger partial charge in [0, 0.05) is 0 Å². The molecule has 0 aliphatic heterocycles. The fraction of sp³-hybridized carbons (Fsp3) is 0.385. The number of carbonyl (C=O) groups is 2. The summed E-state index contributed by atoms with van der Waals surface area (Å²) in [6.45, 7) is 3.07. The van der Waals surface area contributed by atoms with Crippen LogP contribution in [0.4, 0.5) is 4.39 Å². The van der Waals surface area contributed by atoms with Crippen LogP contribution in [-0.2, 0) is 15.1 Å². The summed E-state index contributed by atoms with van der Waals surface area (Å²) in [4.78, 5) is 23.3. The van der Waals surface area contributed by atoms with Crippen molar-refractivity contribution in [2.24, 2.45) is 0 Å². The first-order valence-electron chi connectivity index (χ1n) is 5.65. The van der Waals surface area contributed by atoms with Gasteiger partial charge in [-0.25, -0.2) is 9.18 Å². The molecule has 0 aliphatic carbocycles. The molecule has 2 atom stereocenters. The molecular weight excluding hydrogens is 269 g/mol. The number of benzene rings is 1. The van der Waals surface area contributed by atoms with Crippen LogP contribution in [0.25, 0.3) is 0 Å². The van der Waals surface area contributed by atoms with Crippen LogP contribution in [0.3, 0.4) is 0 Å². The lowest BCUT2D eigenvalue weighted by Crippen LogP contribution is -2.51. The Labute approximate surface area is 115 Å². The predicted molar refractivity (Wildman–Crippen MR) is 72.5 cm³/mol. The first-order valence-corrected chi connectivity index (χ1v) is 6.94. The van der Waals surface area contributed by atoms with Crippen molar-refractivity contribution in [3.8, 4) is 0 Å². The third kappa shape index (κ3) is 3.47. The van der Waals surface area contributed by atoms with E-state index in [0.717, 1.165) is 0 Å². The quantitative estimate of drug-likeness (QED) is 0.868. The second-order valence-corrected chi connectivity index (χ2v) is 5.48. The van der Waals surface area contributed by atoms with E-state index in [0.29, 0.717) is 5.56 Å². The number of carbonyl (C=O) groups excluding carboxylic acids is 1. The molecule has 0 bridgehead atoms. The van der Waals surface area contributed by atoms with Gasteiger partial charge in [0.05, 0.1) is 5.25 Å². The molecule has 2 N–H and O–H groups in total. The first kappa shape index (κ1) is 15.5. The van der Waals surface area contributed by atoms with Crippen molar-refractivity contribution in [1.29, 1.82) is 0 Å². The van der Waals surface area contributed by atoms with Crippen LogP contribution in [-0.4, -0.2) is 28.5 Å². The molecule has 0 spiro atoms. The molecule has 1 aromatic rings. The van der Waals surface area contributed by atoms with E-state index in [1.165, 1.54) is 43.0 Å². The Hall–Kier alpha value is -1.56. The average molecular weight is 285 g/mol. The van der Waals surface area contributed by atoms with Crippen LogP contribution in [0.5, 0.6) is 0 Å². The number of hydrogen-bond acceptors (Lipinski definition) is 3. The summed E-state index contributed by atoms with van der Waals surface area (Å²) < 4.78 is 12.9. The van der Waals surface area contributed by atoms with E-state index in [1.807, 2.05) is 0 Å². The number of nitrogens with one attached hydrogen (secondary N) is 1. The lowest BCUT2D eigenvalue weighted by molar-refractivity contribution is -0.147. The van der Waals surface area contributed by atoms with E-state index < -0.39 is 17.3 Å². The van der Waals surface area contributed by atoms with Crippen LogP contribution in [0.15, 0.2) is 24.3 Å². The summed E-state index contributed by atoms with van der Waals surface area (Å²) in [6, 6.07) is 5.04. The lowest BCUT2D eigenvalue weighted by atomic mass is 9.92. The highest BCUT2D eigenvalue weighted by Gasteiger charge is 2.37. The van der Waals surface area contributed by atoms with Crippen LogP contribution in [0.2, 0.25) is 0 Å². The number of rotatable bonds is 5. The predicted octanol–water partition coefficient (Wildman–Crippen LogP) is 1.99. The minimum atomic E-state index is -1.57. The molecular formula is C13H16FNO3S. The largest absolute Gasteiger partial charge is 0.479 e. The molecule has 104 valence electrons. The van der Waals surface area contributed by atoms with E-state index in [2.05, 4.69) is 5.32 Å². The molecule has 2 unspecified atom stereocenters. The van der Waals surface area contributed by atoms with Crippen LogP contribution in [0, 0.1) is 5.82 Å². The van der Waals surface area contributed by atoms with Gasteiger partial charge in [-0.1, -0.05) is 12.1 Å². The lowest BCUT2D eigenvalue weighted by Gasteiger charge is -2.28. The molecule has 1 rings (SSSR count). The third-order valence-corrected chi connectivity index (χ3v) is 3.87. The normalized spacial score (nSPS) is 15.4. The number of hydrogen-bond donors (Lipinski definition) is 2. The second kappa shape index (κ2) is 6.06. The molecule has 0 radical (unpaired) electrons. The molecule has 0 aliphatic rings. The number of amides is 1. The number of aliphatic carboxylic acids is 1. The van der Waals surface area contributed by atoms with Gasteiger partial charge in [0.15, 0.2) is 5.54 Å². The highest BCUT2D eigenvalue weighted by atomic mass is 32.2. The highest BCUT2D eigenvalue weighted by molar-refractivity contribution is 7.99. The summed E-state index contributed by atoms with van der Waals surface area (Å²) in [5, 5.41) is 11.5. The van der Waals surface area contributed by atoms with Crippen molar-refractivity contribution in [3.63, 3.8) is 0 Å². The van der Waals surface area contributed by atoms with Crippen molar-refractivity contribution < 1.29 is 19.1 Å². The topological polar surface area (TPSA) is 66.4 Å². The van der Waals surface area contributed by atoms with E-state index in [1.54, 1.807) is 13.2 Å². The van der Waals surface area contributed by atoms with E-state index in [9.17, 15) is 19.1 Å². The second-order valence-electron chi connectivity index (χ2n) is 4.30. The van der Waals surface area contributed by atoms with E-state index >= 15 is 0 Å². The Kier molecular flexibility index (Phi) is 4.94. The maximum absolute atomic E-state index is 12.9. The SMILES string of the molecule is CSC(C)C(=O)NC(C)(C(=O)O)c1ccc(F)cc1. The van der Waals surface area contributed by atoms with Gasteiger partial charge in [0.2, 0.25) is 5.91 Å². The zero-order valence-corrected chi connectivity index (χ0v) is 11.8. The number of carboxylic acid groups (broad SMARTS) is 1. The Bertz CT molecular complexity index is 477. The Morgan fingerprint density at radius 3 is 2.32 bits per heavy atom. The van der Waals surface area contributed by atoms with Gasteiger partial charge in [0.1, 0.15) is 5.82 Å². The van der Waals surface area contributed by atoms with Crippen LogP contribution < -0.4 is 5.32 Å². The van der Waals surface area contributed by atoms with E-state index in [4.69, 9.17) is 0 Å². The summed E-state index contributed by atoms with van der Waals surface area (Å²) in [5.41, 5.74) is -1.25. The maximum atomic E-state index is 12.9. The average Bonchev–Trinajstić information content (AvgIpc) is 2.37. The van der Waals surface area contributed by atoms with Crippen molar-refractivity contribution in [3.05, 3.63) is 35.6 Å². The summed E-state index contributed by atoms with van der Waals surface area (Å²) in [7, 11) is 0.